The minimum absolute atomic E-state index is 0.573. The van der Waals surface area contributed by atoms with Crippen LogP contribution in [0.5, 0.6) is 0 Å². The Morgan fingerprint density at radius 2 is 1.02 bits per heavy atom. The van der Waals surface area contributed by atoms with Crippen LogP contribution in [0.15, 0.2) is 46.6 Å². The van der Waals surface area contributed by atoms with Gasteiger partial charge in [-0.25, -0.2) is 0 Å². The number of hydrogen-bond acceptors (Lipinski definition) is 0. The molecule has 0 radical (unpaired) electrons. The van der Waals surface area contributed by atoms with Crippen molar-refractivity contribution < 1.29 is 0 Å². The molecule has 1 aliphatic heterocycles. The van der Waals surface area contributed by atoms with Gasteiger partial charge in [0.05, 0.1) is 8.07 Å². The maximum Gasteiger partial charge on any atom is 0.0615 e. The van der Waals surface area contributed by atoms with Gasteiger partial charge in [0.15, 0.2) is 0 Å². The number of fused-ring (bicyclic) bond motifs is 4. The summed E-state index contributed by atoms with van der Waals surface area (Å²) in [6.45, 7) is 15.1. The molecular weight excluding hydrogens is 509 g/mol. The standard InChI is InChI=1S/C40H62Si/c1-7-27-21-33-31(17-15-29-23-39(9-3,10-4)25-35(29)33)37(27)41(19-13-14-20-41)38-28(8-2)22-34-32(38)18-16-30-24-40(11-5,12-6)26-36(30)34/h15-18,27-28,31-34,37-38H,7-14,19-26H2,1-6H3. The maximum atomic E-state index is 2.86. The van der Waals surface area contributed by atoms with Crippen molar-refractivity contribution in [1.29, 1.82) is 0 Å². The molecule has 0 aromatic carbocycles. The zero-order chi connectivity index (χ0) is 28.6. The average Bonchev–Trinajstić information content (AvgIpc) is 3.82. The Morgan fingerprint density at radius 1 is 0.610 bits per heavy atom. The molecule has 2 saturated carbocycles. The van der Waals surface area contributed by atoms with Crippen LogP contribution in [0.25, 0.3) is 0 Å². The second kappa shape index (κ2) is 10.7. The highest BCUT2D eigenvalue weighted by Gasteiger charge is 2.64. The van der Waals surface area contributed by atoms with Gasteiger partial charge in [-0.2, -0.15) is 0 Å². The van der Waals surface area contributed by atoms with Gasteiger partial charge in [0.25, 0.3) is 0 Å². The van der Waals surface area contributed by atoms with Gasteiger partial charge < -0.3 is 0 Å². The van der Waals surface area contributed by atoms with Crippen LogP contribution in [-0.2, 0) is 0 Å². The molecule has 6 aliphatic carbocycles. The van der Waals surface area contributed by atoms with Crippen LogP contribution in [0.4, 0.5) is 0 Å². The average molecular weight is 571 g/mol. The predicted molar refractivity (Wildman–Crippen MR) is 180 cm³/mol. The van der Waals surface area contributed by atoms with E-state index >= 15 is 0 Å². The Bertz CT molecular complexity index is 1050. The van der Waals surface area contributed by atoms with Crippen molar-refractivity contribution in [1.82, 2.24) is 0 Å². The number of hydrogen-bond donors (Lipinski definition) is 0. The molecule has 0 aromatic heterocycles. The predicted octanol–water partition coefficient (Wildman–Crippen LogP) is 12.2. The fraction of sp³-hybridized carbons (Fsp3) is 0.800. The fourth-order valence-electron chi connectivity index (χ4n) is 13.3. The molecule has 0 spiro atoms. The zero-order valence-electron chi connectivity index (χ0n) is 27.7. The van der Waals surface area contributed by atoms with Gasteiger partial charge in [0.2, 0.25) is 0 Å². The van der Waals surface area contributed by atoms with Crippen molar-refractivity contribution in [3.05, 3.63) is 46.6 Å². The second-order valence-electron chi connectivity index (χ2n) is 16.6. The lowest BCUT2D eigenvalue weighted by atomic mass is 9.77. The molecular formula is C40H62Si. The Morgan fingerprint density at radius 3 is 1.39 bits per heavy atom. The molecule has 3 fully saturated rings. The van der Waals surface area contributed by atoms with E-state index < -0.39 is 8.07 Å². The van der Waals surface area contributed by atoms with Crippen LogP contribution in [0.1, 0.15) is 131 Å². The monoisotopic (exact) mass is 570 g/mol. The highest BCUT2D eigenvalue weighted by molar-refractivity contribution is 6.83. The molecule has 0 bridgehead atoms. The van der Waals surface area contributed by atoms with E-state index in [1.807, 2.05) is 11.1 Å². The van der Waals surface area contributed by atoms with Crippen molar-refractivity contribution in [3.8, 4) is 0 Å². The van der Waals surface area contributed by atoms with Gasteiger partial charge in [-0.1, -0.05) is 115 Å². The lowest BCUT2D eigenvalue weighted by Crippen LogP contribution is -2.49. The molecule has 226 valence electrons. The smallest absolute Gasteiger partial charge is 0.0615 e. The highest BCUT2D eigenvalue weighted by atomic mass is 28.3. The minimum Gasteiger partial charge on any atom is -0.0805 e. The molecule has 0 amide bonds. The van der Waals surface area contributed by atoms with Gasteiger partial charge >= 0.3 is 0 Å². The van der Waals surface area contributed by atoms with Crippen LogP contribution in [0, 0.1) is 46.3 Å². The van der Waals surface area contributed by atoms with Gasteiger partial charge in [-0.05, 0) is 133 Å². The molecule has 1 heterocycles. The van der Waals surface area contributed by atoms with Crippen molar-refractivity contribution in [2.75, 3.05) is 0 Å². The van der Waals surface area contributed by atoms with Crippen molar-refractivity contribution in [2.45, 2.75) is 155 Å². The summed E-state index contributed by atoms with van der Waals surface area (Å²) in [5.41, 5.74) is 10.8. The van der Waals surface area contributed by atoms with E-state index in [1.54, 1.807) is 36.1 Å². The molecule has 1 heteroatoms. The van der Waals surface area contributed by atoms with Crippen LogP contribution >= 0.6 is 0 Å². The first-order valence-corrected chi connectivity index (χ1v) is 21.3. The van der Waals surface area contributed by atoms with Gasteiger partial charge in [0, 0.05) is 0 Å². The Labute approximate surface area is 255 Å². The SMILES string of the molecule is CCC1CC2C3=C(C=CC2C1[Si]1(C2C(CC)CC4C5=C(C=CC42)CC(CC)(CC)C5)CCCC1)CC(CC)(CC)C3. The van der Waals surface area contributed by atoms with Crippen LogP contribution in [0.2, 0.25) is 23.2 Å². The van der Waals surface area contributed by atoms with Gasteiger partial charge in [0.1, 0.15) is 0 Å². The summed E-state index contributed by atoms with van der Waals surface area (Å²) in [6, 6.07) is 3.34. The third-order valence-electron chi connectivity index (χ3n) is 15.8. The van der Waals surface area contributed by atoms with Crippen LogP contribution in [-0.4, -0.2) is 8.07 Å². The molecule has 0 aromatic rings. The Kier molecular flexibility index (Phi) is 7.52. The van der Waals surface area contributed by atoms with E-state index in [2.05, 4.69) is 65.8 Å². The van der Waals surface area contributed by atoms with E-state index in [0.717, 1.165) is 46.6 Å². The summed E-state index contributed by atoms with van der Waals surface area (Å²) in [7, 11) is -1.49. The Balaban J connectivity index is 1.24. The van der Waals surface area contributed by atoms with E-state index in [4.69, 9.17) is 0 Å². The number of rotatable bonds is 8. The lowest BCUT2D eigenvalue weighted by Gasteiger charge is -2.49. The molecule has 41 heavy (non-hydrogen) atoms. The van der Waals surface area contributed by atoms with E-state index in [9.17, 15) is 0 Å². The third kappa shape index (κ3) is 4.15. The first-order valence-electron chi connectivity index (χ1n) is 18.7. The van der Waals surface area contributed by atoms with E-state index in [-0.39, 0.29) is 0 Å². The van der Waals surface area contributed by atoms with Crippen molar-refractivity contribution >= 4 is 8.07 Å². The first-order chi connectivity index (χ1) is 19.9. The summed E-state index contributed by atoms with van der Waals surface area (Å²) in [5, 5.41) is 0. The van der Waals surface area contributed by atoms with Gasteiger partial charge in [-0.15, -0.1) is 0 Å². The molecule has 8 atom stereocenters. The molecule has 7 aliphatic rings. The second-order valence-corrected chi connectivity index (χ2v) is 21.4. The zero-order valence-corrected chi connectivity index (χ0v) is 28.7. The summed E-state index contributed by atoms with van der Waals surface area (Å²) < 4.78 is 0. The molecule has 7 rings (SSSR count). The van der Waals surface area contributed by atoms with Crippen molar-refractivity contribution in [2.24, 2.45) is 46.3 Å². The highest BCUT2D eigenvalue weighted by Crippen LogP contribution is 2.71. The summed E-state index contributed by atoms with van der Waals surface area (Å²) in [4.78, 5) is 0. The Hall–Kier alpha value is -0.823. The maximum absolute atomic E-state index is 2.86. The molecule has 0 nitrogen and oxygen atoms in total. The van der Waals surface area contributed by atoms with E-state index in [1.165, 1.54) is 77.0 Å². The number of allylic oxidation sites excluding steroid dienone is 8. The fourth-order valence-corrected chi connectivity index (χ4v) is 22.0. The summed E-state index contributed by atoms with van der Waals surface area (Å²) in [5.74, 6) is 5.53. The largest absolute Gasteiger partial charge is 0.0805 e. The molecule has 1 saturated heterocycles. The quantitative estimate of drug-likeness (QED) is 0.255. The normalized spacial score (nSPS) is 41.2. The lowest BCUT2D eigenvalue weighted by molar-refractivity contribution is 0.272. The topological polar surface area (TPSA) is 0 Å². The first kappa shape index (κ1) is 28.9. The summed E-state index contributed by atoms with van der Waals surface area (Å²) >= 11 is 0. The minimum atomic E-state index is -1.49. The summed E-state index contributed by atoms with van der Waals surface area (Å²) in [6.07, 6.45) is 31.3. The third-order valence-corrected chi connectivity index (χ3v) is 22.8. The van der Waals surface area contributed by atoms with E-state index in [0.29, 0.717) is 10.8 Å². The molecule has 0 N–H and O–H groups in total. The van der Waals surface area contributed by atoms with Crippen LogP contribution in [0.3, 0.4) is 0 Å². The van der Waals surface area contributed by atoms with Crippen molar-refractivity contribution in [3.63, 3.8) is 0 Å². The van der Waals surface area contributed by atoms with Crippen LogP contribution < -0.4 is 0 Å². The van der Waals surface area contributed by atoms with Gasteiger partial charge in [-0.3, -0.25) is 0 Å². The molecule has 8 unspecified atom stereocenters.